The van der Waals surface area contributed by atoms with Gasteiger partial charge < -0.3 is 14.4 Å². The van der Waals surface area contributed by atoms with Crippen LogP contribution in [-0.2, 0) is 27.9 Å². The van der Waals surface area contributed by atoms with E-state index < -0.39 is 23.2 Å². The van der Waals surface area contributed by atoms with E-state index >= 15 is 0 Å². The standard InChI is InChI=1S/C22H23ClF4N2O2/c1-4-29(3)13-28-20-9-19(24)17(7-14(20)2)21(11-30-12-21)31-10-15-8-16(22(25,26)27)5-6-18(15)23/h5-9,13H,4,10-12H2,1-3H3. The molecule has 31 heavy (non-hydrogen) atoms. The molecule has 0 aliphatic carbocycles. The highest BCUT2D eigenvalue weighted by molar-refractivity contribution is 6.31. The van der Waals surface area contributed by atoms with Crippen LogP contribution in [0.1, 0.15) is 29.2 Å². The molecule has 1 aliphatic heterocycles. The lowest BCUT2D eigenvalue weighted by Gasteiger charge is -2.42. The van der Waals surface area contributed by atoms with Gasteiger partial charge in [0.05, 0.1) is 37.4 Å². The fraction of sp³-hybridized carbons (Fsp3) is 0.409. The molecule has 4 nitrogen and oxygen atoms in total. The smallest absolute Gasteiger partial charge is 0.375 e. The van der Waals surface area contributed by atoms with E-state index in [9.17, 15) is 17.6 Å². The van der Waals surface area contributed by atoms with Crippen LogP contribution in [0.2, 0.25) is 5.02 Å². The van der Waals surface area contributed by atoms with Crippen LogP contribution in [0.15, 0.2) is 35.3 Å². The van der Waals surface area contributed by atoms with Gasteiger partial charge in [0.15, 0.2) is 0 Å². The third kappa shape index (κ3) is 5.19. The van der Waals surface area contributed by atoms with E-state index in [1.165, 1.54) is 12.1 Å². The molecule has 0 atom stereocenters. The van der Waals surface area contributed by atoms with Gasteiger partial charge >= 0.3 is 6.18 Å². The second-order valence-electron chi connectivity index (χ2n) is 7.52. The lowest BCUT2D eigenvalue weighted by atomic mass is 9.89. The van der Waals surface area contributed by atoms with Crippen LogP contribution in [0.4, 0.5) is 23.2 Å². The molecule has 0 radical (unpaired) electrons. The highest BCUT2D eigenvalue weighted by Gasteiger charge is 2.44. The van der Waals surface area contributed by atoms with Crippen molar-refractivity contribution in [3.63, 3.8) is 0 Å². The largest absolute Gasteiger partial charge is 0.416 e. The average Bonchev–Trinajstić information content (AvgIpc) is 2.68. The Morgan fingerprint density at radius 3 is 2.55 bits per heavy atom. The molecule has 0 unspecified atom stereocenters. The van der Waals surface area contributed by atoms with Crippen LogP contribution in [0.5, 0.6) is 0 Å². The fourth-order valence-corrected chi connectivity index (χ4v) is 3.26. The first-order valence-electron chi connectivity index (χ1n) is 9.68. The Morgan fingerprint density at radius 2 is 1.97 bits per heavy atom. The number of aliphatic imine (C=N–C) groups is 1. The number of ether oxygens (including phenoxy) is 2. The third-order valence-corrected chi connectivity index (χ3v) is 5.59. The zero-order valence-electron chi connectivity index (χ0n) is 17.4. The van der Waals surface area contributed by atoms with Gasteiger partial charge in [-0.05, 0) is 49.2 Å². The molecular weight excluding hydrogens is 436 g/mol. The molecule has 0 spiro atoms. The number of hydrogen-bond donors (Lipinski definition) is 0. The maximum absolute atomic E-state index is 15.0. The van der Waals surface area contributed by atoms with E-state index in [2.05, 4.69) is 4.99 Å². The molecule has 1 fully saturated rings. The molecule has 0 aromatic heterocycles. The number of rotatable bonds is 7. The highest BCUT2D eigenvalue weighted by atomic mass is 35.5. The molecule has 168 valence electrons. The van der Waals surface area contributed by atoms with Gasteiger partial charge in [0, 0.05) is 30.2 Å². The van der Waals surface area contributed by atoms with Crippen molar-refractivity contribution in [2.45, 2.75) is 32.2 Å². The van der Waals surface area contributed by atoms with Crippen molar-refractivity contribution < 1.29 is 27.0 Å². The monoisotopic (exact) mass is 458 g/mol. The van der Waals surface area contributed by atoms with Crippen molar-refractivity contribution in [1.29, 1.82) is 0 Å². The molecule has 0 bridgehead atoms. The van der Waals surface area contributed by atoms with E-state index in [1.807, 2.05) is 18.9 Å². The van der Waals surface area contributed by atoms with Crippen LogP contribution in [-0.4, -0.2) is 38.0 Å². The quantitative estimate of drug-likeness (QED) is 0.296. The molecule has 0 amide bonds. The maximum Gasteiger partial charge on any atom is 0.416 e. The van der Waals surface area contributed by atoms with Gasteiger partial charge in [-0.1, -0.05) is 11.6 Å². The summed E-state index contributed by atoms with van der Waals surface area (Å²) in [6.07, 6.45) is -2.88. The lowest BCUT2D eigenvalue weighted by Crippen LogP contribution is -2.49. The second-order valence-corrected chi connectivity index (χ2v) is 7.92. The summed E-state index contributed by atoms with van der Waals surface area (Å²) in [5.41, 5.74) is -0.252. The molecule has 1 heterocycles. The molecule has 1 aliphatic rings. The SMILES string of the molecule is CCN(C)C=Nc1cc(F)c(C2(OCc3cc(C(F)(F)F)ccc3Cl)COC2)cc1C. The zero-order chi connectivity index (χ0) is 22.8. The fourth-order valence-electron chi connectivity index (χ4n) is 3.08. The molecule has 0 N–H and O–H groups in total. The van der Waals surface area contributed by atoms with E-state index in [1.54, 1.807) is 19.3 Å². The lowest BCUT2D eigenvalue weighted by molar-refractivity contribution is -0.224. The molecule has 2 aromatic rings. The number of hydrogen-bond acceptors (Lipinski definition) is 3. The van der Waals surface area contributed by atoms with Crippen molar-refractivity contribution >= 4 is 23.6 Å². The molecule has 2 aromatic carbocycles. The summed E-state index contributed by atoms with van der Waals surface area (Å²) >= 11 is 6.06. The first kappa shape index (κ1) is 23.5. The minimum absolute atomic E-state index is 0.0845. The van der Waals surface area contributed by atoms with Crippen molar-refractivity contribution in [2.24, 2.45) is 4.99 Å². The summed E-state index contributed by atoms with van der Waals surface area (Å²) in [4.78, 5) is 6.16. The van der Waals surface area contributed by atoms with E-state index in [-0.39, 0.29) is 36.0 Å². The van der Waals surface area contributed by atoms with Crippen molar-refractivity contribution in [1.82, 2.24) is 4.90 Å². The summed E-state index contributed by atoms with van der Waals surface area (Å²) in [5.74, 6) is -0.518. The number of benzene rings is 2. The Balaban J connectivity index is 1.85. The Bertz CT molecular complexity index is 975. The molecule has 0 saturated carbocycles. The zero-order valence-corrected chi connectivity index (χ0v) is 18.1. The minimum Gasteiger partial charge on any atom is -0.375 e. The summed E-state index contributed by atoms with van der Waals surface area (Å²) in [6, 6.07) is 6.00. The van der Waals surface area contributed by atoms with E-state index in [0.29, 0.717) is 5.69 Å². The van der Waals surface area contributed by atoms with Crippen LogP contribution < -0.4 is 0 Å². The van der Waals surface area contributed by atoms with Crippen molar-refractivity contribution in [3.05, 3.63) is 63.4 Å². The van der Waals surface area contributed by atoms with E-state index in [0.717, 1.165) is 24.2 Å². The van der Waals surface area contributed by atoms with Crippen molar-refractivity contribution in [2.75, 3.05) is 26.8 Å². The normalized spacial score (nSPS) is 15.9. The molecule has 9 heteroatoms. The Morgan fingerprint density at radius 1 is 1.26 bits per heavy atom. The van der Waals surface area contributed by atoms with Crippen LogP contribution >= 0.6 is 11.6 Å². The van der Waals surface area contributed by atoms with Gasteiger partial charge in [-0.15, -0.1) is 0 Å². The van der Waals surface area contributed by atoms with E-state index in [4.69, 9.17) is 21.1 Å². The first-order valence-corrected chi connectivity index (χ1v) is 10.1. The Hall–Kier alpha value is -2.16. The first-order chi connectivity index (χ1) is 14.6. The van der Waals surface area contributed by atoms with Crippen molar-refractivity contribution in [3.8, 4) is 0 Å². The maximum atomic E-state index is 15.0. The average molecular weight is 459 g/mol. The molecule has 1 saturated heterocycles. The van der Waals surface area contributed by atoms with Gasteiger partial charge in [-0.2, -0.15) is 13.2 Å². The Kier molecular flexibility index (Phi) is 6.93. The van der Waals surface area contributed by atoms with Crippen LogP contribution in [0.3, 0.4) is 0 Å². The third-order valence-electron chi connectivity index (χ3n) is 5.22. The van der Waals surface area contributed by atoms with Gasteiger partial charge in [0.1, 0.15) is 11.4 Å². The number of aryl methyl sites for hydroxylation is 1. The predicted octanol–water partition coefficient (Wildman–Crippen LogP) is 5.86. The second kappa shape index (κ2) is 9.14. The van der Waals surface area contributed by atoms with Gasteiger partial charge in [0.2, 0.25) is 0 Å². The van der Waals surface area contributed by atoms with Crippen LogP contribution in [0, 0.1) is 12.7 Å². The summed E-state index contributed by atoms with van der Waals surface area (Å²) in [6.45, 7) is 4.49. The summed E-state index contributed by atoms with van der Waals surface area (Å²) in [7, 11) is 1.86. The van der Waals surface area contributed by atoms with Gasteiger partial charge in [-0.25, -0.2) is 9.38 Å². The summed E-state index contributed by atoms with van der Waals surface area (Å²) in [5, 5.41) is 0.143. The number of halogens is 5. The number of alkyl halides is 3. The number of nitrogens with zero attached hydrogens (tertiary/aromatic N) is 2. The Labute approximate surface area is 183 Å². The summed E-state index contributed by atoms with van der Waals surface area (Å²) < 4.78 is 65.2. The highest BCUT2D eigenvalue weighted by Crippen LogP contribution is 2.39. The predicted molar refractivity (Wildman–Crippen MR) is 111 cm³/mol. The molecule has 3 rings (SSSR count). The van der Waals surface area contributed by atoms with Gasteiger partial charge in [0.25, 0.3) is 0 Å². The van der Waals surface area contributed by atoms with Crippen LogP contribution in [0.25, 0.3) is 0 Å². The van der Waals surface area contributed by atoms with Gasteiger partial charge in [-0.3, -0.25) is 0 Å². The molecular formula is C22H23ClF4N2O2. The topological polar surface area (TPSA) is 34.1 Å². The minimum atomic E-state index is -4.50.